The van der Waals surface area contributed by atoms with E-state index in [2.05, 4.69) is 21.7 Å². The summed E-state index contributed by atoms with van der Waals surface area (Å²) in [4.78, 5) is 28.6. The summed E-state index contributed by atoms with van der Waals surface area (Å²) in [6.07, 6.45) is 4.07. The third kappa shape index (κ3) is 4.30. The summed E-state index contributed by atoms with van der Waals surface area (Å²) < 4.78 is 0. The zero-order valence-electron chi connectivity index (χ0n) is 15.7. The molecule has 1 aliphatic carbocycles. The molecular formula is C22H26N2O2S. The lowest BCUT2D eigenvalue weighted by atomic mass is 9.96. The van der Waals surface area contributed by atoms with Crippen molar-refractivity contribution in [2.75, 3.05) is 13.1 Å². The summed E-state index contributed by atoms with van der Waals surface area (Å²) in [7, 11) is 0. The Morgan fingerprint density at radius 3 is 2.70 bits per heavy atom. The second-order valence-electron chi connectivity index (χ2n) is 7.72. The van der Waals surface area contributed by atoms with Crippen molar-refractivity contribution in [2.45, 2.75) is 44.7 Å². The number of carbonyl (C=O) groups is 2. The highest BCUT2D eigenvalue weighted by molar-refractivity contribution is 7.10. The van der Waals surface area contributed by atoms with Gasteiger partial charge in [0.15, 0.2) is 5.78 Å². The highest BCUT2D eigenvalue weighted by Crippen LogP contribution is 2.48. The van der Waals surface area contributed by atoms with Crippen LogP contribution in [0.1, 0.15) is 41.8 Å². The van der Waals surface area contributed by atoms with Crippen molar-refractivity contribution in [3.8, 4) is 0 Å². The number of nitrogens with one attached hydrogen (secondary N) is 1. The van der Waals surface area contributed by atoms with Crippen LogP contribution in [0.5, 0.6) is 0 Å². The first-order chi connectivity index (χ1) is 13.1. The Labute approximate surface area is 164 Å². The first kappa shape index (κ1) is 18.4. The van der Waals surface area contributed by atoms with Gasteiger partial charge in [0.25, 0.3) is 0 Å². The molecule has 1 aliphatic heterocycles. The SMILES string of the molecule is CC(=O)[C@@H](Cc1ccccc1)NC(=O)CN1CCc2sccc2[C@@H]1C1CC1. The Bertz CT molecular complexity index is 813. The van der Waals surface area contributed by atoms with E-state index in [1.165, 1.54) is 23.3 Å². The molecule has 1 aromatic carbocycles. The standard InChI is InChI=1S/C22H26N2O2S/c1-15(25)19(13-16-5-3-2-4-6-16)23-21(26)14-24-11-9-20-18(10-12-27-20)22(24)17-7-8-17/h2-6,10,12,17,19,22H,7-9,11,13-14H2,1H3,(H,23,26)/t19-,22+/m1/s1. The number of hydrogen-bond acceptors (Lipinski definition) is 4. The molecule has 4 rings (SSSR count). The van der Waals surface area contributed by atoms with E-state index < -0.39 is 6.04 Å². The maximum absolute atomic E-state index is 12.8. The van der Waals surface area contributed by atoms with Gasteiger partial charge in [0.1, 0.15) is 0 Å². The second-order valence-corrected chi connectivity index (χ2v) is 8.72. The molecule has 1 fully saturated rings. The van der Waals surface area contributed by atoms with Gasteiger partial charge in [-0.2, -0.15) is 0 Å². The number of fused-ring (bicyclic) bond motifs is 1. The van der Waals surface area contributed by atoms with Crippen LogP contribution in [0.4, 0.5) is 0 Å². The summed E-state index contributed by atoms with van der Waals surface area (Å²) in [6.45, 7) is 2.85. The number of amides is 1. The molecule has 142 valence electrons. The first-order valence-corrected chi connectivity index (χ1v) is 10.6. The zero-order chi connectivity index (χ0) is 18.8. The van der Waals surface area contributed by atoms with E-state index in [9.17, 15) is 9.59 Å². The molecule has 2 aromatic rings. The van der Waals surface area contributed by atoms with Gasteiger partial charge in [-0.1, -0.05) is 30.3 Å². The molecule has 0 saturated heterocycles. The minimum Gasteiger partial charge on any atom is -0.345 e. The largest absolute Gasteiger partial charge is 0.345 e. The Kier molecular flexibility index (Phi) is 5.41. The number of hydrogen-bond donors (Lipinski definition) is 1. The number of nitrogens with zero attached hydrogens (tertiary/aromatic N) is 1. The van der Waals surface area contributed by atoms with E-state index in [1.54, 1.807) is 6.92 Å². The predicted molar refractivity (Wildman–Crippen MR) is 108 cm³/mol. The summed E-state index contributed by atoms with van der Waals surface area (Å²) in [5.74, 6) is 0.638. The fourth-order valence-electron chi connectivity index (χ4n) is 4.11. The zero-order valence-corrected chi connectivity index (χ0v) is 16.5. The Balaban J connectivity index is 1.41. The van der Waals surface area contributed by atoms with Crippen molar-refractivity contribution in [1.82, 2.24) is 10.2 Å². The number of rotatable bonds is 7. The molecule has 1 aromatic heterocycles. The minimum atomic E-state index is -0.458. The average Bonchev–Trinajstić information content (AvgIpc) is 3.38. The number of thiophene rings is 1. The maximum atomic E-state index is 12.8. The molecule has 5 heteroatoms. The van der Waals surface area contributed by atoms with Crippen LogP contribution in [0, 0.1) is 5.92 Å². The molecule has 0 bridgehead atoms. The molecule has 2 heterocycles. The highest BCUT2D eigenvalue weighted by Gasteiger charge is 2.40. The van der Waals surface area contributed by atoms with Crippen LogP contribution in [0.3, 0.4) is 0 Å². The monoisotopic (exact) mass is 382 g/mol. The smallest absolute Gasteiger partial charge is 0.234 e. The Morgan fingerprint density at radius 2 is 2.00 bits per heavy atom. The van der Waals surface area contributed by atoms with Crippen LogP contribution in [0.2, 0.25) is 0 Å². The lowest BCUT2D eigenvalue weighted by Crippen LogP contribution is -2.48. The number of carbonyl (C=O) groups excluding carboxylic acids is 2. The van der Waals surface area contributed by atoms with E-state index in [0.29, 0.717) is 24.9 Å². The summed E-state index contributed by atoms with van der Waals surface area (Å²) >= 11 is 1.84. The predicted octanol–water partition coefficient (Wildman–Crippen LogP) is 3.37. The van der Waals surface area contributed by atoms with E-state index in [-0.39, 0.29) is 11.7 Å². The minimum absolute atomic E-state index is 0.00436. The molecule has 0 spiro atoms. The number of Topliss-reactive ketones (excluding diaryl/α,β-unsaturated/α-hetero) is 1. The van der Waals surface area contributed by atoms with Gasteiger partial charge in [-0.05, 0) is 61.1 Å². The topological polar surface area (TPSA) is 49.4 Å². The third-order valence-corrected chi connectivity index (χ3v) is 6.64. The van der Waals surface area contributed by atoms with Crippen LogP contribution >= 0.6 is 11.3 Å². The van der Waals surface area contributed by atoms with Gasteiger partial charge >= 0.3 is 0 Å². The molecule has 0 unspecified atom stereocenters. The Hall–Kier alpha value is -1.98. The average molecular weight is 383 g/mol. The maximum Gasteiger partial charge on any atom is 0.234 e. The molecule has 2 aliphatic rings. The number of benzene rings is 1. The summed E-state index contributed by atoms with van der Waals surface area (Å²) in [6, 6.07) is 12.0. The van der Waals surface area contributed by atoms with Crippen LogP contribution < -0.4 is 5.32 Å². The van der Waals surface area contributed by atoms with Crippen molar-refractivity contribution in [3.63, 3.8) is 0 Å². The molecular weight excluding hydrogens is 356 g/mol. The van der Waals surface area contributed by atoms with Crippen LogP contribution in [0.25, 0.3) is 0 Å². The normalized spacial score (nSPS) is 20.7. The van der Waals surface area contributed by atoms with Gasteiger partial charge in [0, 0.05) is 17.5 Å². The van der Waals surface area contributed by atoms with Crippen molar-refractivity contribution < 1.29 is 9.59 Å². The molecule has 27 heavy (non-hydrogen) atoms. The van der Waals surface area contributed by atoms with Gasteiger partial charge < -0.3 is 5.32 Å². The quantitative estimate of drug-likeness (QED) is 0.799. The van der Waals surface area contributed by atoms with E-state index in [4.69, 9.17) is 0 Å². The summed E-state index contributed by atoms with van der Waals surface area (Å²) in [5.41, 5.74) is 2.49. The molecule has 4 nitrogen and oxygen atoms in total. The van der Waals surface area contributed by atoms with Crippen molar-refractivity contribution in [3.05, 3.63) is 57.8 Å². The fraction of sp³-hybridized carbons (Fsp3) is 0.455. The molecule has 1 amide bonds. The van der Waals surface area contributed by atoms with E-state index in [0.717, 1.165) is 18.5 Å². The summed E-state index contributed by atoms with van der Waals surface area (Å²) in [5, 5.41) is 5.16. The van der Waals surface area contributed by atoms with Crippen molar-refractivity contribution in [1.29, 1.82) is 0 Å². The van der Waals surface area contributed by atoms with Crippen molar-refractivity contribution >= 4 is 23.0 Å². The molecule has 1 saturated carbocycles. The second kappa shape index (κ2) is 7.95. The van der Waals surface area contributed by atoms with Gasteiger partial charge in [0.05, 0.1) is 12.6 Å². The fourth-order valence-corrected chi connectivity index (χ4v) is 5.02. The molecule has 1 N–H and O–H groups in total. The molecule has 2 atom stereocenters. The van der Waals surface area contributed by atoms with Gasteiger partial charge in [-0.15, -0.1) is 11.3 Å². The van der Waals surface area contributed by atoms with Crippen LogP contribution in [-0.4, -0.2) is 35.7 Å². The van der Waals surface area contributed by atoms with Gasteiger partial charge in [-0.25, -0.2) is 0 Å². The van der Waals surface area contributed by atoms with E-state index >= 15 is 0 Å². The van der Waals surface area contributed by atoms with Crippen molar-refractivity contribution in [2.24, 2.45) is 5.92 Å². The molecule has 0 radical (unpaired) electrons. The lowest BCUT2D eigenvalue weighted by Gasteiger charge is -2.36. The van der Waals surface area contributed by atoms with E-state index in [1.807, 2.05) is 41.7 Å². The first-order valence-electron chi connectivity index (χ1n) is 9.76. The highest BCUT2D eigenvalue weighted by atomic mass is 32.1. The van der Waals surface area contributed by atoms with Gasteiger partial charge in [-0.3, -0.25) is 14.5 Å². The van der Waals surface area contributed by atoms with Crippen LogP contribution in [0.15, 0.2) is 41.8 Å². The van der Waals surface area contributed by atoms with Crippen LogP contribution in [-0.2, 0) is 22.4 Å². The Morgan fingerprint density at radius 1 is 1.22 bits per heavy atom. The van der Waals surface area contributed by atoms with Gasteiger partial charge in [0.2, 0.25) is 5.91 Å². The number of ketones is 1. The lowest BCUT2D eigenvalue weighted by molar-refractivity contribution is -0.128. The third-order valence-electron chi connectivity index (χ3n) is 5.64.